The number of thiazole rings is 1. The van der Waals surface area contributed by atoms with Gasteiger partial charge in [-0.15, -0.1) is 11.3 Å². The van der Waals surface area contributed by atoms with E-state index < -0.39 is 6.04 Å². The monoisotopic (exact) mass is 242 g/mol. The lowest BCUT2D eigenvalue weighted by molar-refractivity contribution is -0.120. The summed E-state index contributed by atoms with van der Waals surface area (Å²) in [5, 5.41) is 3.15. The Balaban J connectivity index is 2.62. The molecule has 0 saturated heterocycles. The molecular formula is C10H18N4OS. The molecule has 1 heterocycles. The number of carbonyl (C=O) groups excluding carboxylic acids is 1. The van der Waals surface area contributed by atoms with Gasteiger partial charge in [0.1, 0.15) is 6.04 Å². The van der Waals surface area contributed by atoms with Crippen molar-refractivity contribution in [1.29, 1.82) is 0 Å². The SMILES string of the molecule is Cc1ncsc1C(NCCN(C)C)C(N)=O. The predicted molar refractivity (Wildman–Crippen MR) is 65.3 cm³/mol. The minimum Gasteiger partial charge on any atom is -0.368 e. The van der Waals surface area contributed by atoms with Gasteiger partial charge in [-0.25, -0.2) is 4.98 Å². The number of carbonyl (C=O) groups is 1. The highest BCUT2D eigenvalue weighted by molar-refractivity contribution is 7.10. The fourth-order valence-electron chi connectivity index (χ4n) is 1.34. The van der Waals surface area contributed by atoms with Gasteiger partial charge in [-0.05, 0) is 21.0 Å². The molecule has 0 fully saturated rings. The maximum Gasteiger partial charge on any atom is 0.240 e. The summed E-state index contributed by atoms with van der Waals surface area (Å²) in [6, 6.07) is -0.424. The number of aromatic nitrogens is 1. The van der Waals surface area contributed by atoms with Crippen LogP contribution in [0, 0.1) is 6.92 Å². The first-order chi connectivity index (χ1) is 7.52. The van der Waals surface area contributed by atoms with E-state index in [1.165, 1.54) is 11.3 Å². The van der Waals surface area contributed by atoms with Crippen molar-refractivity contribution in [2.45, 2.75) is 13.0 Å². The van der Waals surface area contributed by atoms with Crippen molar-refractivity contribution in [1.82, 2.24) is 15.2 Å². The van der Waals surface area contributed by atoms with Gasteiger partial charge in [0.15, 0.2) is 0 Å². The van der Waals surface area contributed by atoms with Crippen LogP contribution in [0.3, 0.4) is 0 Å². The summed E-state index contributed by atoms with van der Waals surface area (Å²) < 4.78 is 0. The minimum absolute atomic E-state index is 0.355. The van der Waals surface area contributed by atoms with E-state index in [0.717, 1.165) is 23.7 Å². The molecule has 6 heteroatoms. The van der Waals surface area contributed by atoms with Gasteiger partial charge in [0.25, 0.3) is 0 Å². The highest BCUT2D eigenvalue weighted by Crippen LogP contribution is 2.21. The van der Waals surface area contributed by atoms with Crippen LogP contribution >= 0.6 is 11.3 Å². The van der Waals surface area contributed by atoms with E-state index in [2.05, 4.69) is 10.3 Å². The first kappa shape index (κ1) is 13.1. The van der Waals surface area contributed by atoms with Crippen LogP contribution in [0.4, 0.5) is 0 Å². The average molecular weight is 242 g/mol. The summed E-state index contributed by atoms with van der Waals surface area (Å²) in [6.45, 7) is 3.47. The fourth-order valence-corrected chi connectivity index (χ4v) is 2.23. The molecule has 16 heavy (non-hydrogen) atoms. The first-order valence-corrected chi connectivity index (χ1v) is 5.97. The van der Waals surface area contributed by atoms with Gasteiger partial charge >= 0.3 is 0 Å². The highest BCUT2D eigenvalue weighted by Gasteiger charge is 2.20. The zero-order chi connectivity index (χ0) is 12.1. The normalized spacial score (nSPS) is 13.0. The van der Waals surface area contributed by atoms with Gasteiger partial charge in [0, 0.05) is 13.1 Å². The zero-order valence-electron chi connectivity index (χ0n) is 9.86. The van der Waals surface area contributed by atoms with Crippen molar-refractivity contribution in [3.05, 3.63) is 16.1 Å². The minimum atomic E-state index is -0.424. The van der Waals surface area contributed by atoms with Crippen LogP contribution in [0.5, 0.6) is 0 Å². The molecule has 0 aromatic carbocycles. The first-order valence-electron chi connectivity index (χ1n) is 5.09. The van der Waals surface area contributed by atoms with Crippen LogP contribution in [0.25, 0.3) is 0 Å². The Labute approximate surface area is 99.7 Å². The molecule has 0 radical (unpaired) electrons. The highest BCUT2D eigenvalue weighted by atomic mass is 32.1. The second-order valence-corrected chi connectivity index (χ2v) is 4.78. The van der Waals surface area contributed by atoms with E-state index in [0.29, 0.717) is 0 Å². The Kier molecular flexibility index (Phi) is 4.85. The fraction of sp³-hybridized carbons (Fsp3) is 0.600. The van der Waals surface area contributed by atoms with Crippen LogP contribution in [-0.2, 0) is 4.79 Å². The number of nitrogens with zero attached hydrogens (tertiary/aromatic N) is 2. The molecule has 90 valence electrons. The number of hydrogen-bond donors (Lipinski definition) is 2. The maximum atomic E-state index is 11.4. The third-order valence-corrected chi connectivity index (χ3v) is 3.23. The molecule has 0 bridgehead atoms. The van der Waals surface area contributed by atoms with Gasteiger partial charge in [0.05, 0.1) is 16.1 Å². The number of nitrogens with one attached hydrogen (secondary N) is 1. The molecule has 0 aliphatic rings. The van der Waals surface area contributed by atoms with Gasteiger partial charge in [-0.3, -0.25) is 4.79 Å². The average Bonchev–Trinajstić information content (AvgIpc) is 2.58. The van der Waals surface area contributed by atoms with E-state index in [1.807, 2.05) is 25.9 Å². The number of likely N-dealkylation sites (N-methyl/N-ethyl adjacent to an activating group) is 1. The predicted octanol–water partition coefficient (Wildman–Crippen LogP) is 0.129. The van der Waals surface area contributed by atoms with Crippen LogP contribution in [0.15, 0.2) is 5.51 Å². The molecular weight excluding hydrogens is 224 g/mol. The molecule has 5 nitrogen and oxygen atoms in total. The molecule has 0 aliphatic heterocycles. The van der Waals surface area contributed by atoms with E-state index in [4.69, 9.17) is 5.73 Å². The van der Waals surface area contributed by atoms with Crippen molar-refractivity contribution >= 4 is 17.2 Å². The van der Waals surface area contributed by atoms with Gasteiger partial charge in [0.2, 0.25) is 5.91 Å². The van der Waals surface area contributed by atoms with Crippen LogP contribution < -0.4 is 11.1 Å². The van der Waals surface area contributed by atoms with Gasteiger partial charge < -0.3 is 16.0 Å². The summed E-state index contributed by atoms with van der Waals surface area (Å²) in [6.07, 6.45) is 0. The van der Waals surface area contributed by atoms with Crippen molar-refractivity contribution in [2.24, 2.45) is 5.73 Å². The number of nitrogens with two attached hydrogens (primary N) is 1. The maximum absolute atomic E-state index is 11.4. The number of aryl methyl sites for hydroxylation is 1. The summed E-state index contributed by atoms with van der Waals surface area (Å²) in [7, 11) is 3.97. The standard InChI is InChI=1S/C10H18N4OS/c1-7-9(16-6-13-7)8(10(11)15)12-4-5-14(2)3/h6,8,12H,4-5H2,1-3H3,(H2,11,15). The van der Waals surface area contributed by atoms with Gasteiger partial charge in [-0.2, -0.15) is 0 Å². The summed E-state index contributed by atoms with van der Waals surface area (Å²) in [4.78, 5) is 18.4. The Bertz CT molecular complexity index is 350. The molecule has 1 atom stereocenters. The Morgan fingerprint density at radius 1 is 1.69 bits per heavy atom. The molecule has 1 aromatic rings. The van der Waals surface area contributed by atoms with Crippen LogP contribution in [0.1, 0.15) is 16.6 Å². The van der Waals surface area contributed by atoms with Crippen molar-refractivity contribution in [3.8, 4) is 0 Å². The van der Waals surface area contributed by atoms with Crippen molar-refractivity contribution in [2.75, 3.05) is 27.2 Å². The largest absolute Gasteiger partial charge is 0.368 e. The molecule has 1 rings (SSSR count). The second kappa shape index (κ2) is 5.93. The topological polar surface area (TPSA) is 71.2 Å². The lowest BCUT2D eigenvalue weighted by Gasteiger charge is -2.16. The second-order valence-electron chi connectivity index (χ2n) is 3.89. The van der Waals surface area contributed by atoms with E-state index in [-0.39, 0.29) is 5.91 Å². The summed E-state index contributed by atoms with van der Waals surface area (Å²) >= 11 is 1.46. The summed E-state index contributed by atoms with van der Waals surface area (Å²) in [5.41, 5.74) is 7.97. The van der Waals surface area contributed by atoms with Crippen molar-refractivity contribution in [3.63, 3.8) is 0 Å². The van der Waals surface area contributed by atoms with Crippen molar-refractivity contribution < 1.29 is 4.79 Å². The smallest absolute Gasteiger partial charge is 0.240 e. The van der Waals surface area contributed by atoms with E-state index in [1.54, 1.807) is 5.51 Å². The third kappa shape index (κ3) is 3.55. The third-order valence-electron chi connectivity index (χ3n) is 2.24. The lowest BCUT2D eigenvalue weighted by Crippen LogP contribution is -2.37. The number of primary amides is 1. The van der Waals surface area contributed by atoms with Crippen LogP contribution in [-0.4, -0.2) is 43.0 Å². The molecule has 1 unspecified atom stereocenters. The lowest BCUT2D eigenvalue weighted by atomic mass is 10.2. The molecule has 0 aliphatic carbocycles. The Morgan fingerprint density at radius 2 is 2.38 bits per heavy atom. The molecule has 1 aromatic heterocycles. The number of rotatable bonds is 6. The van der Waals surface area contributed by atoms with E-state index >= 15 is 0 Å². The molecule has 1 amide bonds. The molecule has 3 N–H and O–H groups in total. The molecule has 0 spiro atoms. The van der Waals surface area contributed by atoms with Gasteiger partial charge in [-0.1, -0.05) is 0 Å². The Hall–Kier alpha value is -0.980. The molecule has 0 saturated carbocycles. The number of hydrogen-bond acceptors (Lipinski definition) is 5. The number of amides is 1. The van der Waals surface area contributed by atoms with E-state index in [9.17, 15) is 4.79 Å². The quantitative estimate of drug-likeness (QED) is 0.744. The summed E-state index contributed by atoms with van der Waals surface area (Å²) in [5.74, 6) is -0.355. The zero-order valence-corrected chi connectivity index (χ0v) is 10.7. The Morgan fingerprint density at radius 3 is 2.81 bits per heavy atom. The van der Waals surface area contributed by atoms with Crippen LogP contribution in [0.2, 0.25) is 0 Å².